The van der Waals surface area contributed by atoms with E-state index < -0.39 is 11.7 Å². The topological polar surface area (TPSA) is 63.4 Å². The number of pyridine rings is 2. The van der Waals surface area contributed by atoms with E-state index in [4.69, 9.17) is 11.6 Å². The van der Waals surface area contributed by atoms with Gasteiger partial charge in [-0.1, -0.05) is 11.6 Å². The minimum absolute atomic E-state index is 0.0748. The zero-order valence-corrected chi connectivity index (χ0v) is 16.1. The second-order valence-corrected chi connectivity index (χ2v) is 7.45. The van der Waals surface area contributed by atoms with E-state index in [0.717, 1.165) is 24.0 Å². The predicted molar refractivity (Wildman–Crippen MR) is 99.2 cm³/mol. The Bertz CT molecular complexity index is 861. The summed E-state index contributed by atoms with van der Waals surface area (Å²) in [6, 6.07) is 5.83. The third-order valence-electron chi connectivity index (χ3n) is 4.21. The molecule has 1 amide bonds. The van der Waals surface area contributed by atoms with Crippen LogP contribution in [0.5, 0.6) is 0 Å². The van der Waals surface area contributed by atoms with Crippen molar-refractivity contribution in [2.24, 2.45) is 0 Å². The number of hydrogen-bond donors (Lipinski definition) is 0. The molecule has 2 aromatic rings. The van der Waals surface area contributed by atoms with Gasteiger partial charge in [0, 0.05) is 44.5 Å². The molecule has 3 rings (SSSR count). The Morgan fingerprint density at radius 2 is 2.00 bits per heavy atom. The van der Waals surface area contributed by atoms with Crippen LogP contribution in [0.3, 0.4) is 0 Å². The van der Waals surface area contributed by atoms with Crippen molar-refractivity contribution in [2.45, 2.75) is 11.2 Å². The number of amides is 1. The average molecular weight is 433 g/mol. The third kappa shape index (κ3) is 4.79. The second kappa shape index (κ2) is 8.44. The molecule has 11 heteroatoms. The van der Waals surface area contributed by atoms with Crippen LogP contribution >= 0.6 is 23.4 Å². The number of rotatable bonds is 4. The number of aromatic nitrogens is 2. The highest BCUT2D eigenvalue weighted by atomic mass is 35.5. The molecule has 0 atom stereocenters. The first kappa shape index (κ1) is 20.5. The van der Waals surface area contributed by atoms with Crippen LogP contribution in [0, 0.1) is 5.21 Å². The zero-order chi connectivity index (χ0) is 20.3. The molecule has 1 aliphatic heterocycles. The Kier molecular flexibility index (Phi) is 6.19. The summed E-state index contributed by atoms with van der Waals surface area (Å²) in [7, 11) is 0. The summed E-state index contributed by atoms with van der Waals surface area (Å²) in [4.78, 5) is 19.6. The molecule has 6 nitrogen and oxygen atoms in total. The smallest absolute Gasteiger partial charge is 0.417 e. The first-order valence-electron chi connectivity index (χ1n) is 8.32. The Morgan fingerprint density at radius 1 is 1.29 bits per heavy atom. The van der Waals surface area contributed by atoms with Crippen molar-refractivity contribution in [2.75, 3.05) is 36.8 Å². The summed E-state index contributed by atoms with van der Waals surface area (Å²) < 4.78 is 38.9. The fraction of sp³-hybridized carbons (Fsp3) is 0.353. The van der Waals surface area contributed by atoms with E-state index in [9.17, 15) is 23.2 Å². The molecule has 0 bridgehead atoms. The lowest BCUT2D eigenvalue weighted by Crippen LogP contribution is -2.49. The van der Waals surface area contributed by atoms with Gasteiger partial charge in [0.25, 0.3) is 5.03 Å². The molecule has 1 fully saturated rings. The molecule has 0 unspecified atom stereocenters. The normalized spacial score (nSPS) is 15.0. The van der Waals surface area contributed by atoms with Gasteiger partial charge in [0.1, 0.15) is 5.82 Å². The molecule has 2 aromatic heterocycles. The molecule has 0 radical (unpaired) electrons. The Morgan fingerprint density at radius 3 is 2.61 bits per heavy atom. The molecule has 0 spiro atoms. The number of anilines is 1. The van der Waals surface area contributed by atoms with Crippen molar-refractivity contribution in [3.8, 4) is 0 Å². The van der Waals surface area contributed by atoms with Crippen molar-refractivity contribution in [3.63, 3.8) is 0 Å². The lowest BCUT2D eigenvalue weighted by Gasteiger charge is -2.35. The van der Waals surface area contributed by atoms with Gasteiger partial charge in [0.2, 0.25) is 5.91 Å². The lowest BCUT2D eigenvalue weighted by molar-refractivity contribution is -0.645. The highest BCUT2D eigenvalue weighted by Crippen LogP contribution is 2.33. The predicted octanol–water partition coefficient (Wildman–Crippen LogP) is 2.83. The summed E-state index contributed by atoms with van der Waals surface area (Å²) in [6.07, 6.45) is -2.38. The van der Waals surface area contributed by atoms with Gasteiger partial charge in [-0.2, -0.15) is 17.9 Å². The summed E-state index contributed by atoms with van der Waals surface area (Å²) in [5.74, 6) is 0.290. The molecule has 28 heavy (non-hydrogen) atoms. The first-order valence-corrected chi connectivity index (χ1v) is 9.68. The standard InChI is InChI=1S/C17H16ClF3N4O2S/c18-13-9-12(17(19,20)21)10-22-16(13)24-7-5-23(6-8-24)14(26)11-28-15-3-1-2-4-25(15)27/h1-4,9-10H,5-8,11H2. The quantitative estimate of drug-likeness (QED) is 0.422. The van der Waals surface area contributed by atoms with Crippen molar-refractivity contribution in [3.05, 3.63) is 52.5 Å². The Labute approximate surface area is 168 Å². The summed E-state index contributed by atoms with van der Waals surface area (Å²) in [5, 5.41) is 12.0. The number of alkyl halides is 3. The van der Waals surface area contributed by atoms with Crippen LogP contribution in [0.2, 0.25) is 5.02 Å². The fourth-order valence-electron chi connectivity index (χ4n) is 2.74. The molecule has 1 saturated heterocycles. The van der Waals surface area contributed by atoms with Crippen molar-refractivity contribution >= 4 is 35.1 Å². The van der Waals surface area contributed by atoms with Crippen LogP contribution in [0.15, 0.2) is 41.7 Å². The molecule has 0 N–H and O–H groups in total. The van der Waals surface area contributed by atoms with E-state index in [1.54, 1.807) is 28.0 Å². The average Bonchev–Trinajstić information content (AvgIpc) is 2.66. The second-order valence-electron chi connectivity index (χ2n) is 6.05. The summed E-state index contributed by atoms with van der Waals surface area (Å²) in [5.41, 5.74) is -0.899. The van der Waals surface area contributed by atoms with Gasteiger partial charge >= 0.3 is 6.18 Å². The van der Waals surface area contributed by atoms with Crippen LogP contribution in [0.1, 0.15) is 5.56 Å². The van der Waals surface area contributed by atoms with Gasteiger partial charge < -0.3 is 15.0 Å². The number of carbonyl (C=O) groups excluding carboxylic acids is 1. The van der Waals surface area contributed by atoms with Crippen LogP contribution in [-0.2, 0) is 11.0 Å². The minimum atomic E-state index is -4.50. The van der Waals surface area contributed by atoms with E-state index in [-0.39, 0.29) is 22.5 Å². The summed E-state index contributed by atoms with van der Waals surface area (Å²) in [6.45, 7) is 1.60. The van der Waals surface area contributed by atoms with Crippen molar-refractivity contribution in [1.82, 2.24) is 9.88 Å². The van der Waals surface area contributed by atoms with Gasteiger partial charge in [0.05, 0.1) is 16.3 Å². The lowest BCUT2D eigenvalue weighted by atomic mass is 10.2. The highest BCUT2D eigenvalue weighted by Gasteiger charge is 2.32. The Balaban J connectivity index is 1.55. The molecule has 1 aliphatic rings. The molecule has 0 aromatic carbocycles. The van der Waals surface area contributed by atoms with E-state index in [1.807, 2.05) is 0 Å². The number of piperazine rings is 1. The van der Waals surface area contributed by atoms with Crippen molar-refractivity contribution in [1.29, 1.82) is 0 Å². The van der Waals surface area contributed by atoms with Crippen LogP contribution in [-0.4, -0.2) is 47.7 Å². The fourth-order valence-corrected chi connectivity index (χ4v) is 3.84. The van der Waals surface area contributed by atoms with Gasteiger partial charge in [-0.15, -0.1) is 0 Å². The number of hydrogen-bond acceptors (Lipinski definition) is 5. The Hall–Kier alpha value is -2.20. The minimum Gasteiger partial charge on any atom is -0.618 e. The van der Waals surface area contributed by atoms with E-state index in [2.05, 4.69) is 4.98 Å². The number of thioether (sulfide) groups is 1. The monoisotopic (exact) mass is 432 g/mol. The summed E-state index contributed by atoms with van der Waals surface area (Å²) >= 11 is 7.14. The van der Waals surface area contributed by atoms with Gasteiger partial charge in [-0.05, 0) is 23.9 Å². The van der Waals surface area contributed by atoms with Gasteiger partial charge in [0.15, 0.2) is 6.20 Å². The number of nitrogens with zero attached hydrogens (tertiary/aromatic N) is 4. The molecule has 150 valence electrons. The number of halogens is 4. The van der Waals surface area contributed by atoms with E-state index in [1.165, 1.54) is 6.20 Å². The molecular weight excluding hydrogens is 417 g/mol. The van der Waals surface area contributed by atoms with E-state index >= 15 is 0 Å². The number of carbonyl (C=O) groups is 1. The first-order chi connectivity index (χ1) is 13.3. The van der Waals surface area contributed by atoms with Crippen LogP contribution in [0.25, 0.3) is 0 Å². The maximum absolute atomic E-state index is 12.7. The molecule has 3 heterocycles. The van der Waals surface area contributed by atoms with Crippen LogP contribution in [0.4, 0.5) is 19.0 Å². The molecular formula is C17H16ClF3N4O2S. The van der Waals surface area contributed by atoms with Gasteiger partial charge in [-0.3, -0.25) is 4.79 Å². The zero-order valence-electron chi connectivity index (χ0n) is 14.5. The maximum atomic E-state index is 12.7. The molecule has 0 aliphatic carbocycles. The maximum Gasteiger partial charge on any atom is 0.417 e. The van der Waals surface area contributed by atoms with Crippen LogP contribution < -0.4 is 9.63 Å². The van der Waals surface area contributed by atoms with Gasteiger partial charge in [-0.25, -0.2) is 4.98 Å². The van der Waals surface area contributed by atoms with E-state index in [0.29, 0.717) is 35.9 Å². The largest absolute Gasteiger partial charge is 0.618 e. The third-order valence-corrected chi connectivity index (χ3v) is 5.49. The molecule has 0 saturated carbocycles. The van der Waals surface area contributed by atoms with Crippen molar-refractivity contribution < 1.29 is 22.7 Å². The highest BCUT2D eigenvalue weighted by molar-refractivity contribution is 7.99. The SMILES string of the molecule is O=C(CSc1cccc[n+]1[O-])N1CCN(c2ncc(C(F)(F)F)cc2Cl)CC1.